The van der Waals surface area contributed by atoms with Crippen LogP contribution in [0.4, 0.5) is 6.01 Å². The number of carbonyl (C=O) groups is 1. The minimum absolute atomic E-state index is 0.0728. The molecular weight excluding hydrogens is 338 g/mol. The molecule has 0 bridgehead atoms. The van der Waals surface area contributed by atoms with Gasteiger partial charge in [-0.2, -0.15) is 5.10 Å². The van der Waals surface area contributed by atoms with E-state index in [9.17, 15) is 4.79 Å². The highest BCUT2D eigenvalue weighted by Crippen LogP contribution is 2.20. The zero-order valence-corrected chi connectivity index (χ0v) is 15.1. The maximum atomic E-state index is 12.0. The van der Waals surface area contributed by atoms with Crippen LogP contribution in [-0.2, 0) is 4.79 Å². The molecule has 0 spiro atoms. The van der Waals surface area contributed by atoms with Gasteiger partial charge in [0, 0.05) is 17.1 Å². The molecule has 0 aliphatic rings. The number of aromatic nitrogens is 4. The van der Waals surface area contributed by atoms with Crippen LogP contribution in [0.3, 0.4) is 0 Å². The maximum Gasteiger partial charge on any atom is 0.322 e. The molecule has 3 aromatic rings. The predicted molar refractivity (Wildman–Crippen MR) is 96.4 cm³/mol. The number of hydrogen-bond acceptors (Lipinski definition) is 6. The van der Waals surface area contributed by atoms with Crippen LogP contribution >= 0.6 is 11.8 Å². The Morgan fingerprint density at radius 2 is 2.00 bits per heavy atom. The van der Waals surface area contributed by atoms with E-state index in [0.29, 0.717) is 5.69 Å². The van der Waals surface area contributed by atoms with Crippen molar-refractivity contribution in [2.45, 2.75) is 31.7 Å². The molecular formula is C17H19N5O2S. The third-order valence-corrected chi connectivity index (χ3v) is 4.43. The van der Waals surface area contributed by atoms with E-state index in [-0.39, 0.29) is 29.6 Å². The van der Waals surface area contributed by atoms with Gasteiger partial charge < -0.3 is 4.42 Å². The molecule has 1 aromatic carbocycles. The highest BCUT2D eigenvalue weighted by Gasteiger charge is 2.14. The fourth-order valence-electron chi connectivity index (χ4n) is 2.06. The van der Waals surface area contributed by atoms with Gasteiger partial charge in [-0.25, -0.2) is 0 Å². The lowest BCUT2D eigenvalue weighted by atomic mass is 10.2. The number of nitrogens with zero attached hydrogens (tertiary/aromatic N) is 4. The molecule has 1 N–H and O–H groups in total. The van der Waals surface area contributed by atoms with E-state index in [1.54, 1.807) is 10.7 Å². The van der Waals surface area contributed by atoms with Crippen LogP contribution in [0.5, 0.6) is 0 Å². The van der Waals surface area contributed by atoms with Crippen molar-refractivity contribution in [2.75, 3.05) is 11.1 Å². The molecule has 130 valence electrons. The Labute approximate surface area is 149 Å². The highest BCUT2D eigenvalue weighted by molar-refractivity contribution is 8.00. The topological polar surface area (TPSA) is 85.8 Å². The van der Waals surface area contributed by atoms with E-state index in [1.807, 2.05) is 51.2 Å². The number of hydrogen-bond donors (Lipinski definition) is 1. The van der Waals surface area contributed by atoms with Gasteiger partial charge in [0.2, 0.25) is 5.91 Å². The normalized spacial score (nSPS) is 11.0. The summed E-state index contributed by atoms with van der Waals surface area (Å²) in [6, 6.07) is 10.1. The minimum atomic E-state index is -0.200. The molecule has 7 nitrogen and oxygen atoms in total. The zero-order valence-electron chi connectivity index (χ0n) is 14.3. The van der Waals surface area contributed by atoms with Crippen LogP contribution in [-0.4, -0.2) is 31.6 Å². The molecule has 25 heavy (non-hydrogen) atoms. The summed E-state index contributed by atoms with van der Waals surface area (Å²) >= 11 is 1.45. The summed E-state index contributed by atoms with van der Waals surface area (Å²) in [5, 5.41) is 14.7. The van der Waals surface area contributed by atoms with E-state index in [2.05, 4.69) is 20.6 Å². The SMILES string of the molecule is Cc1ccc(SCC(=O)Nc2nnc(-c3ccn(C(C)C)n3)o2)cc1. The monoisotopic (exact) mass is 357 g/mol. The summed E-state index contributed by atoms with van der Waals surface area (Å²) < 4.78 is 7.26. The van der Waals surface area contributed by atoms with E-state index in [4.69, 9.17) is 4.42 Å². The predicted octanol–water partition coefficient (Wildman–Crippen LogP) is 3.55. The molecule has 0 saturated heterocycles. The highest BCUT2D eigenvalue weighted by atomic mass is 32.2. The Morgan fingerprint density at radius 1 is 1.24 bits per heavy atom. The fourth-order valence-corrected chi connectivity index (χ4v) is 2.75. The quantitative estimate of drug-likeness (QED) is 0.679. The van der Waals surface area contributed by atoms with Crippen LogP contribution in [0, 0.1) is 6.92 Å². The first-order chi connectivity index (χ1) is 12.0. The maximum absolute atomic E-state index is 12.0. The van der Waals surface area contributed by atoms with E-state index >= 15 is 0 Å². The largest absolute Gasteiger partial charge is 0.401 e. The second-order valence-corrected chi connectivity index (χ2v) is 6.89. The van der Waals surface area contributed by atoms with Gasteiger partial charge in [-0.15, -0.1) is 16.9 Å². The summed E-state index contributed by atoms with van der Waals surface area (Å²) in [7, 11) is 0. The van der Waals surface area contributed by atoms with Gasteiger partial charge in [0.1, 0.15) is 5.69 Å². The molecule has 3 rings (SSSR count). The number of thioether (sulfide) groups is 1. The molecule has 8 heteroatoms. The molecule has 0 aliphatic heterocycles. The Balaban J connectivity index is 1.56. The van der Waals surface area contributed by atoms with Crippen molar-refractivity contribution in [1.29, 1.82) is 0 Å². The third-order valence-electron chi connectivity index (χ3n) is 3.42. The molecule has 2 aromatic heterocycles. The molecule has 0 aliphatic carbocycles. The van der Waals surface area contributed by atoms with Crippen molar-refractivity contribution in [2.24, 2.45) is 0 Å². The van der Waals surface area contributed by atoms with Crippen molar-refractivity contribution < 1.29 is 9.21 Å². The first-order valence-electron chi connectivity index (χ1n) is 7.89. The third kappa shape index (κ3) is 4.48. The number of rotatable bonds is 6. The summed E-state index contributed by atoms with van der Waals surface area (Å²) in [5.41, 5.74) is 1.77. The van der Waals surface area contributed by atoms with E-state index in [1.165, 1.54) is 17.3 Å². The number of benzene rings is 1. The minimum Gasteiger partial charge on any atom is -0.401 e. The van der Waals surface area contributed by atoms with Crippen molar-refractivity contribution >= 4 is 23.7 Å². The van der Waals surface area contributed by atoms with Crippen LogP contribution in [0.2, 0.25) is 0 Å². The smallest absolute Gasteiger partial charge is 0.322 e. The Hall–Kier alpha value is -2.61. The second kappa shape index (κ2) is 7.52. The summed E-state index contributed by atoms with van der Waals surface area (Å²) in [4.78, 5) is 13.0. The average molecular weight is 357 g/mol. The molecule has 0 unspecified atom stereocenters. The zero-order chi connectivity index (χ0) is 17.8. The Bertz CT molecular complexity index is 854. The molecule has 0 atom stereocenters. The van der Waals surface area contributed by atoms with Gasteiger partial charge in [0.25, 0.3) is 5.89 Å². The average Bonchev–Trinajstić information content (AvgIpc) is 3.23. The Morgan fingerprint density at radius 3 is 2.68 bits per heavy atom. The molecule has 1 amide bonds. The molecule has 0 radical (unpaired) electrons. The summed E-state index contributed by atoms with van der Waals surface area (Å²) in [5.74, 6) is 0.345. The van der Waals surface area contributed by atoms with Crippen molar-refractivity contribution in [3.05, 3.63) is 42.1 Å². The van der Waals surface area contributed by atoms with Crippen LogP contribution in [0.15, 0.2) is 45.8 Å². The van der Waals surface area contributed by atoms with Gasteiger partial charge >= 0.3 is 6.01 Å². The summed E-state index contributed by atoms with van der Waals surface area (Å²) in [6.07, 6.45) is 1.85. The number of carbonyl (C=O) groups excluding carboxylic acids is 1. The van der Waals surface area contributed by atoms with Gasteiger partial charge in [-0.1, -0.05) is 22.8 Å². The lowest BCUT2D eigenvalue weighted by Crippen LogP contribution is -2.14. The van der Waals surface area contributed by atoms with Crippen LogP contribution < -0.4 is 5.32 Å². The fraction of sp³-hybridized carbons (Fsp3) is 0.294. The van der Waals surface area contributed by atoms with Crippen LogP contribution in [0.1, 0.15) is 25.5 Å². The molecule has 2 heterocycles. The standard InChI is InChI=1S/C17H19N5O2S/c1-11(2)22-9-8-14(21-22)16-19-20-17(24-16)18-15(23)10-25-13-6-4-12(3)5-7-13/h4-9,11H,10H2,1-3H3,(H,18,20,23). The van der Waals surface area contributed by atoms with Gasteiger partial charge in [0.05, 0.1) is 5.75 Å². The molecule has 0 fully saturated rings. The second-order valence-electron chi connectivity index (χ2n) is 5.84. The number of nitrogens with one attached hydrogen (secondary N) is 1. The van der Waals surface area contributed by atoms with Crippen molar-refractivity contribution in [1.82, 2.24) is 20.0 Å². The molecule has 0 saturated carbocycles. The number of anilines is 1. The Kier molecular flexibility index (Phi) is 5.18. The van der Waals surface area contributed by atoms with Crippen molar-refractivity contribution in [3.63, 3.8) is 0 Å². The number of aryl methyl sites for hydroxylation is 1. The van der Waals surface area contributed by atoms with Gasteiger partial charge in [0.15, 0.2) is 0 Å². The van der Waals surface area contributed by atoms with Crippen molar-refractivity contribution in [3.8, 4) is 11.6 Å². The first-order valence-corrected chi connectivity index (χ1v) is 8.88. The summed E-state index contributed by atoms with van der Waals surface area (Å²) in [6.45, 7) is 6.09. The number of amides is 1. The van der Waals surface area contributed by atoms with E-state index < -0.39 is 0 Å². The first kappa shape index (κ1) is 17.2. The van der Waals surface area contributed by atoms with Gasteiger partial charge in [-0.05, 0) is 39.0 Å². The lowest BCUT2D eigenvalue weighted by Gasteiger charge is -2.02. The van der Waals surface area contributed by atoms with Crippen LogP contribution in [0.25, 0.3) is 11.6 Å². The van der Waals surface area contributed by atoms with Gasteiger partial charge in [-0.3, -0.25) is 14.8 Å². The lowest BCUT2D eigenvalue weighted by molar-refractivity contribution is -0.113. The van der Waals surface area contributed by atoms with E-state index in [0.717, 1.165) is 4.90 Å².